The fourth-order valence-corrected chi connectivity index (χ4v) is 4.52. The normalized spacial score (nSPS) is 21.9. The average Bonchev–Trinajstić information content (AvgIpc) is 3.19. The lowest BCUT2D eigenvalue weighted by molar-refractivity contribution is 0.0419. The number of ether oxygens (including phenoxy) is 2. The van der Waals surface area contributed by atoms with Crippen molar-refractivity contribution >= 4 is 5.91 Å². The Bertz CT molecular complexity index is 690. The van der Waals surface area contributed by atoms with Crippen molar-refractivity contribution in [2.45, 2.75) is 45.7 Å². The molecule has 3 aliphatic heterocycles. The van der Waals surface area contributed by atoms with Crippen LogP contribution in [0.15, 0.2) is 12.1 Å². The predicted molar refractivity (Wildman–Crippen MR) is 105 cm³/mol. The van der Waals surface area contributed by atoms with E-state index in [9.17, 15) is 4.79 Å². The van der Waals surface area contributed by atoms with Crippen LogP contribution in [0.1, 0.15) is 42.6 Å². The molecule has 0 N–H and O–H groups in total. The summed E-state index contributed by atoms with van der Waals surface area (Å²) in [6, 6.07) is 5.06. The molecule has 0 aromatic heterocycles. The summed E-state index contributed by atoms with van der Waals surface area (Å²) < 4.78 is 11.1. The molecule has 0 radical (unpaired) electrons. The number of nitrogens with zero attached hydrogens (tertiary/aromatic N) is 3. The van der Waals surface area contributed by atoms with Gasteiger partial charge in [-0.2, -0.15) is 0 Å². The summed E-state index contributed by atoms with van der Waals surface area (Å²) in [4.78, 5) is 20.2. The van der Waals surface area contributed by atoms with Crippen LogP contribution in [-0.4, -0.2) is 78.8 Å². The first-order valence-electron chi connectivity index (χ1n) is 10.2. The van der Waals surface area contributed by atoms with Gasteiger partial charge in [-0.25, -0.2) is 0 Å². The third kappa shape index (κ3) is 3.65. The molecule has 3 aliphatic rings. The first kappa shape index (κ1) is 18.6. The van der Waals surface area contributed by atoms with E-state index in [4.69, 9.17) is 9.47 Å². The lowest BCUT2D eigenvalue weighted by Crippen LogP contribution is -2.54. The second-order valence-electron chi connectivity index (χ2n) is 8.18. The Morgan fingerprint density at radius 1 is 1.00 bits per heavy atom. The van der Waals surface area contributed by atoms with E-state index in [1.54, 1.807) is 0 Å². The molecular weight excluding hydrogens is 342 g/mol. The molecule has 6 heteroatoms. The summed E-state index contributed by atoms with van der Waals surface area (Å²) in [5.41, 5.74) is 1.65. The Morgan fingerprint density at radius 2 is 1.67 bits per heavy atom. The summed E-state index contributed by atoms with van der Waals surface area (Å²) >= 11 is 0. The van der Waals surface area contributed by atoms with Gasteiger partial charge in [0.25, 0.3) is 5.91 Å². The second kappa shape index (κ2) is 7.68. The third-order valence-electron chi connectivity index (χ3n) is 6.29. The van der Waals surface area contributed by atoms with Crippen molar-refractivity contribution in [3.63, 3.8) is 0 Å². The molecule has 1 amide bonds. The van der Waals surface area contributed by atoms with E-state index in [1.807, 2.05) is 24.0 Å². The highest BCUT2D eigenvalue weighted by Crippen LogP contribution is 2.39. The lowest BCUT2D eigenvalue weighted by Gasteiger charge is -2.43. The molecule has 0 spiro atoms. The van der Waals surface area contributed by atoms with Gasteiger partial charge in [-0.15, -0.1) is 0 Å². The number of fused-ring (bicyclic) bond motifs is 1. The molecule has 3 heterocycles. The Morgan fingerprint density at radius 3 is 2.33 bits per heavy atom. The molecule has 2 saturated heterocycles. The number of piperazine rings is 1. The van der Waals surface area contributed by atoms with Crippen LogP contribution in [0.25, 0.3) is 0 Å². The van der Waals surface area contributed by atoms with Crippen molar-refractivity contribution in [3.8, 4) is 11.5 Å². The fraction of sp³-hybridized carbons (Fsp3) is 0.667. The molecule has 0 aliphatic carbocycles. The van der Waals surface area contributed by atoms with Gasteiger partial charge in [0.05, 0.1) is 5.56 Å². The molecule has 4 rings (SSSR count). The Balaban J connectivity index is 1.35. The van der Waals surface area contributed by atoms with E-state index in [0.29, 0.717) is 23.4 Å². The quantitative estimate of drug-likeness (QED) is 0.814. The summed E-state index contributed by atoms with van der Waals surface area (Å²) in [7, 11) is 0. The van der Waals surface area contributed by atoms with Crippen molar-refractivity contribution in [1.29, 1.82) is 0 Å². The van der Waals surface area contributed by atoms with Gasteiger partial charge >= 0.3 is 0 Å². The molecule has 2 fully saturated rings. The standard InChI is InChI=1S/C21H31N3O3/c1-15(2)22-10-12-23(13-11-22)17-6-8-24(9-7-17)21(25)18-5-4-16(3)19-20(18)27-14-26-19/h4-5,15,17H,6-14H2,1-3H3. The number of rotatable bonds is 3. The van der Waals surface area contributed by atoms with Gasteiger partial charge in [0.2, 0.25) is 6.79 Å². The number of hydrogen-bond donors (Lipinski definition) is 0. The van der Waals surface area contributed by atoms with Crippen molar-refractivity contribution in [1.82, 2.24) is 14.7 Å². The van der Waals surface area contributed by atoms with Gasteiger partial charge in [0.1, 0.15) is 0 Å². The van der Waals surface area contributed by atoms with Gasteiger partial charge in [-0.3, -0.25) is 14.6 Å². The Labute approximate surface area is 162 Å². The van der Waals surface area contributed by atoms with E-state index < -0.39 is 0 Å². The zero-order valence-electron chi connectivity index (χ0n) is 16.7. The highest BCUT2D eigenvalue weighted by atomic mass is 16.7. The topological polar surface area (TPSA) is 45.3 Å². The van der Waals surface area contributed by atoms with Crippen molar-refractivity contribution in [3.05, 3.63) is 23.3 Å². The molecule has 0 atom stereocenters. The van der Waals surface area contributed by atoms with Crippen LogP contribution in [0, 0.1) is 6.92 Å². The van der Waals surface area contributed by atoms with Crippen LogP contribution < -0.4 is 9.47 Å². The minimum absolute atomic E-state index is 0.0693. The monoisotopic (exact) mass is 373 g/mol. The number of benzene rings is 1. The van der Waals surface area contributed by atoms with Crippen LogP contribution in [0.3, 0.4) is 0 Å². The zero-order chi connectivity index (χ0) is 19.0. The van der Waals surface area contributed by atoms with E-state index in [0.717, 1.165) is 63.4 Å². The number of amides is 1. The van der Waals surface area contributed by atoms with Crippen LogP contribution >= 0.6 is 0 Å². The van der Waals surface area contributed by atoms with Crippen molar-refractivity contribution < 1.29 is 14.3 Å². The number of hydrogen-bond acceptors (Lipinski definition) is 5. The van der Waals surface area contributed by atoms with Crippen LogP contribution in [-0.2, 0) is 0 Å². The first-order valence-corrected chi connectivity index (χ1v) is 10.2. The van der Waals surface area contributed by atoms with Gasteiger partial charge in [0.15, 0.2) is 11.5 Å². The molecule has 1 aromatic carbocycles. The third-order valence-corrected chi connectivity index (χ3v) is 6.29. The van der Waals surface area contributed by atoms with Gasteiger partial charge in [0, 0.05) is 51.4 Å². The van der Waals surface area contributed by atoms with E-state index in [1.165, 1.54) is 0 Å². The molecule has 148 valence electrons. The molecule has 1 aromatic rings. The average molecular weight is 373 g/mol. The number of carbonyl (C=O) groups excluding carboxylic acids is 1. The first-order chi connectivity index (χ1) is 13.0. The summed E-state index contributed by atoms with van der Waals surface area (Å²) in [6.45, 7) is 13.0. The molecule has 0 saturated carbocycles. The lowest BCUT2D eigenvalue weighted by atomic mass is 10.0. The van der Waals surface area contributed by atoms with Crippen LogP contribution in [0.2, 0.25) is 0 Å². The van der Waals surface area contributed by atoms with Gasteiger partial charge in [-0.1, -0.05) is 6.07 Å². The van der Waals surface area contributed by atoms with Gasteiger partial charge < -0.3 is 14.4 Å². The maximum Gasteiger partial charge on any atom is 0.257 e. The number of likely N-dealkylation sites (tertiary alicyclic amines) is 1. The summed E-state index contributed by atoms with van der Waals surface area (Å²) in [5.74, 6) is 1.41. The van der Waals surface area contributed by atoms with Crippen LogP contribution in [0.4, 0.5) is 0 Å². The predicted octanol–water partition coefficient (Wildman–Crippen LogP) is 2.35. The number of aryl methyl sites for hydroxylation is 1. The highest BCUT2D eigenvalue weighted by Gasteiger charge is 2.32. The molecular formula is C21H31N3O3. The van der Waals surface area contributed by atoms with E-state index in [-0.39, 0.29) is 12.7 Å². The SMILES string of the molecule is Cc1ccc(C(=O)N2CCC(N3CCN(C(C)C)CC3)CC2)c2c1OCO2. The zero-order valence-corrected chi connectivity index (χ0v) is 16.7. The maximum absolute atomic E-state index is 13.0. The molecule has 6 nitrogen and oxygen atoms in total. The highest BCUT2D eigenvalue weighted by molar-refractivity contribution is 5.98. The molecule has 27 heavy (non-hydrogen) atoms. The second-order valence-corrected chi connectivity index (χ2v) is 8.18. The Kier molecular flexibility index (Phi) is 5.28. The largest absolute Gasteiger partial charge is 0.453 e. The smallest absolute Gasteiger partial charge is 0.257 e. The van der Waals surface area contributed by atoms with E-state index >= 15 is 0 Å². The fourth-order valence-electron chi connectivity index (χ4n) is 4.52. The Hall–Kier alpha value is -1.79. The minimum atomic E-state index is 0.0693. The number of carbonyl (C=O) groups is 1. The number of piperidine rings is 1. The maximum atomic E-state index is 13.0. The van der Waals surface area contributed by atoms with Crippen molar-refractivity contribution in [2.24, 2.45) is 0 Å². The van der Waals surface area contributed by atoms with Gasteiger partial charge in [-0.05, 0) is 45.2 Å². The van der Waals surface area contributed by atoms with Crippen molar-refractivity contribution in [2.75, 3.05) is 46.1 Å². The van der Waals surface area contributed by atoms with Crippen LogP contribution in [0.5, 0.6) is 11.5 Å². The molecule has 0 bridgehead atoms. The summed E-state index contributed by atoms with van der Waals surface area (Å²) in [6.07, 6.45) is 2.11. The molecule has 0 unspecified atom stereocenters. The summed E-state index contributed by atoms with van der Waals surface area (Å²) in [5, 5.41) is 0. The van der Waals surface area contributed by atoms with E-state index in [2.05, 4.69) is 23.6 Å². The minimum Gasteiger partial charge on any atom is -0.453 e.